The van der Waals surface area contributed by atoms with E-state index < -0.39 is 4.92 Å². The summed E-state index contributed by atoms with van der Waals surface area (Å²) in [6, 6.07) is 3.06. The third-order valence-corrected chi connectivity index (χ3v) is 1.91. The van der Waals surface area contributed by atoms with Gasteiger partial charge in [-0.15, -0.1) is 6.58 Å². The summed E-state index contributed by atoms with van der Waals surface area (Å²) in [6.45, 7) is 5.95. The molecule has 1 N–H and O–H groups in total. The SMILES string of the molecule is C=CCCNc1ccc([N+](=O)[O-])c(C)n1. The number of hydrogen-bond donors (Lipinski definition) is 1. The lowest BCUT2D eigenvalue weighted by atomic mass is 10.3. The first kappa shape index (κ1) is 11.2. The van der Waals surface area contributed by atoms with Crippen molar-refractivity contribution >= 4 is 11.5 Å². The van der Waals surface area contributed by atoms with Crippen molar-refractivity contribution in [3.63, 3.8) is 0 Å². The number of nitrogens with zero attached hydrogens (tertiary/aromatic N) is 2. The van der Waals surface area contributed by atoms with Crippen molar-refractivity contribution in [3.05, 3.63) is 40.6 Å². The fourth-order valence-electron chi connectivity index (χ4n) is 1.15. The summed E-state index contributed by atoms with van der Waals surface area (Å²) in [4.78, 5) is 14.2. The Morgan fingerprint density at radius 2 is 2.40 bits per heavy atom. The monoisotopic (exact) mass is 207 g/mol. The molecule has 80 valence electrons. The maximum atomic E-state index is 10.5. The highest BCUT2D eigenvalue weighted by atomic mass is 16.6. The number of rotatable bonds is 5. The maximum absolute atomic E-state index is 10.5. The molecule has 0 aliphatic carbocycles. The summed E-state index contributed by atoms with van der Waals surface area (Å²) in [5.41, 5.74) is 0.466. The molecule has 0 radical (unpaired) electrons. The minimum absolute atomic E-state index is 0.0456. The van der Waals surface area contributed by atoms with E-state index in [-0.39, 0.29) is 5.69 Å². The van der Waals surface area contributed by atoms with Gasteiger partial charge in [0.1, 0.15) is 11.5 Å². The van der Waals surface area contributed by atoms with Gasteiger partial charge in [0.25, 0.3) is 5.69 Å². The molecular weight excluding hydrogens is 194 g/mol. The van der Waals surface area contributed by atoms with E-state index in [2.05, 4.69) is 16.9 Å². The lowest BCUT2D eigenvalue weighted by molar-refractivity contribution is -0.385. The van der Waals surface area contributed by atoms with Crippen LogP contribution in [0.1, 0.15) is 12.1 Å². The molecule has 0 amide bonds. The smallest absolute Gasteiger partial charge is 0.290 e. The van der Waals surface area contributed by atoms with E-state index in [4.69, 9.17) is 0 Å². The van der Waals surface area contributed by atoms with Gasteiger partial charge >= 0.3 is 0 Å². The molecular formula is C10H13N3O2. The molecule has 1 heterocycles. The Morgan fingerprint density at radius 1 is 1.67 bits per heavy atom. The van der Waals surface area contributed by atoms with Gasteiger partial charge in [-0.3, -0.25) is 10.1 Å². The van der Waals surface area contributed by atoms with Crippen molar-refractivity contribution in [3.8, 4) is 0 Å². The second-order valence-electron chi connectivity index (χ2n) is 3.06. The molecule has 0 aliphatic heterocycles. The molecule has 1 aromatic rings. The Bertz CT molecular complexity index is 377. The second-order valence-corrected chi connectivity index (χ2v) is 3.06. The fraction of sp³-hybridized carbons (Fsp3) is 0.300. The lowest BCUT2D eigenvalue weighted by Gasteiger charge is -2.04. The van der Waals surface area contributed by atoms with Crippen molar-refractivity contribution in [2.45, 2.75) is 13.3 Å². The molecule has 0 atom stereocenters. The predicted molar refractivity (Wildman–Crippen MR) is 58.9 cm³/mol. The van der Waals surface area contributed by atoms with E-state index in [0.29, 0.717) is 11.5 Å². The topological polar surface area (TPSA) is 68.1 Å². The van der Waals surface area contributed by atoms with Crippen LogP contribution in [0.5, 0.6) is 0 Å². The van der Waals surface area contributed by atoms with E-state index >= 15 is 0 Å². The molecule has 0 spiro atoms. The number of anilines is 1. The van der Waals surface area contributed by atoms with Crippen LogP contribution < -0.4 is 5.32 Å². The van der Waals surface area contributed by atoms with Crippen molar-refractivity contribution in [1.82, 2.24) is 4.98 Å². The summed E-state index contributed by atoms with van der Waals surface area (Å²) in [5, 5.41) is 13.6. The summed E-state index contributed by atoms with van der Waals surface area (Å²) in [6.07, 6.45) is 2.63. The molecule has 1 rings (SSSR count). The van der Waals surface area contributed by atoms with E-state index in [1.54, 1.807) is 19.1 Å². The standard InChI is InChI=1S/C10H13N3O2/c1-3-4-7-11-10-6-5-9(13(14)15)8(2)12-10/h3,5-6H,1,4,7H2,2H3,(H,11,12). The molecule has 15 heavy (non-hydrogen) atoms. The first-order valence-corrected chi connectivity index (χ1v) is 4.62. The third-order valence-electron chi connectivity index (χ3n) is 1.91. The molecule has 0 bridgehead atoms. The minimum Gasteiger partial charge on any atom is -0.370 e. The largest absolute Gasteiger partial charge is 0.370 e. The molecule has 0 saturated heterocycles. The van der Waals surface area contributed by atoms with Crippen LogP contribution >= 0.6 is 0 Å². The lowest BCUT2D eigenvalue weighted by Crippen LogP contribution is -2.04. The average molecular weight is 207 g/mol. The highest BCUT2D eigenvalue weighted by Crippen LogP contribution is 2.17. The Labute approximate surface area is 88.0 Å². The zero-order valence-electron chi connectivity index (χ0n) is 8.56. The highest BCUT2D eigenvalue weighted by Gasteiger charge is 2.10. The third kappa shape index (κ3) is 3.05. The van der Waals surface area contributed by atoms with E-state index in [1.807, 2.05) is 0 Å². The van der Waals surface area contributed by atoms with E-state index in [9.17, 15) is 10.1 Å². The van der Waals surface area contributed by atoms with E-state index in [1.165, 1.54) is 6.07 Å². The molecule has 0 unspecified atom stereocenters. The number of aromatic nitrogens is 1. The van der Waals surface area contributed by atoms with E-state index in [0.717, 1.165) is 13.0 Å². The second kappa shape index (κ2) is 5.09. The van der Waals surface area contributed by atoms with Crippen LogP contribution in [0.2, 0.25) is 0 Å². The number of nitro groups is 1. The number of nitrogens with one attached hydrogen (secondary N) is 1. The minimum atomic E-state index is -0.435. The van der Waals surface area contributed by atoms with Crippen LogP contribution in [0.4, 0.5) is 11.5 Å². The van der Waals surface area contributed by atoms with Crippen molar-refractivity contribution in [1.29, 1.82) is 0 Å². The van der Waals surface area contributed by atoms with Gasteiger partial charge in [-0.2, -0.15) is 0 Å². The Hall–Kier alpha value is -1.91. The van der Waals surface area contributed by atoms with Crippen LogP contribution in [0.3, 0.4) is 0 Å². The number of hydrogen-bond acceptors (Lipinski definition) is 4. The summed E-state index contributed by atoms with van der Waals surface area (Å²) in [7, 11) is 0. The van der Waals surface area contributed by atoms with Crippen LogP contribution in [0.25, 0.3) is 0 Å². The summed E-state index contributed by atoms with van der Waals surface area (Å²) >= 11 is 0. The van der Waals surface area contributed by atoms with Gasteiger partial charge in [0.15, 0.2) is 0 Å². The van der Waals surface area contributed by atoms with Gasteiger partial charge in [-0.25, -0.2) is 4.98 Å². The van der Waals surface area contributed by atoms with Crippen LogP contribution in [-0.4, -0.2) is 16.5 Å². The number of pyridine rings is 1. The van der Waals surface area contributed by atoms with Gasteiger partial charge in [0.2, 0.25) is 0 Å². The quantitative estimate of drug-likeness (QED) is 0.348. The Kier molecular flexibility index (Phi) is 3.79. The van der Waals surface area contributed by atoms with Crippen LogP contribution in [-0.2, 0) is 0 Å². The first-order chi connectivity index (χ1) is 7.15. The average Bonchev–Trinajstić information content (AvgIpc) is 2.17. The molecule has 1 aromatic heterocycles. The van der Waals surface area contributed by atoms with Crippen molar-refractivity contribution < 1.29 is 4.92 Å². The zero-order chi connectivity index (χ0) is 11.3. The molecule has 0 saturated carbocycles. The van der Waals surface area contributed by atoms with Crippen molar-refractivity contribution in [2.24, 2.45) is 0 Å². The molecule has 0 fully saturated rings. The summed E-state index contributed by atoms with van der Waals surface area (Å²) in [5.74, 6) is 0.653. The zero-order valence-corrected chi connectivity index (χ0v) is 8.56. The van der Waals surface area contributed by atoms with Gasteiger partial charge in [0, 0.05) is 12.6 Å². The molecule has 5 heteroatoms. The molecule has 5 nitrogen and oxygen atoms in total. The Morgan fingerprint density at radius 3 is 2.93 bits per heavy atom. The van der Waals surface area contributed by atoms with Crippen LogP contribution in [0.15, 0.2) is 24.8 Å². The van der Waals surface area contributed by atoms with Gasteiger partial charge in [-0.1, -0.05) is 6.08 Å². The van der Waals surface area contributed by atoms with Gasteiger partial charge in [0.05, 0.1) is 4.92 Å². The van der Waals surface area contributed by atoms with Gasteiger partial charge in [-0.05, 0) is 19.4 Å². The molecule has 0 aromatic carbocycles. The Balaban J connectivity index is 2.73. The number of aryl methyl sites for hydroxylation is 1. The van der Waals surface area contributed by atoms with Gasteiger partial charge < -0.3 is 5.32 Å². The first-order valence-electron chi connectivity index (χ1n) is 4.62. The molecule has 0 aliphatic rings. The fourth-order valence-corrected chi connectivity index (χ4v) is 1.15. The van der Waals surface area contributed by atoms with Crippen LogP contribution in [0, 0.1) is 17.0 Å². The predicted octanol–water partition coefficient (Wildman–Crippen LogP) is 2.29. The normalized spacial score (nSPS) is 9.67. The van der Waals surface area contributed by atoms with Crippen molar-refractivity contribution in [2.75, 3.05) is 11.9 Å². The maximum Gasteiger partial charge on any atom is 0.290 e. The highest BCUT2D eigenvalue weighted by molar-refractivity contribution is 5.44. The summed E-state index contributed by atoms with van der Waals surface area (Å²) < 4.78 is 0.